The summed E-state index contributed by atoms with van der Waals surface area (Å²) in [5, 5.41) is 0. The predicted molar refractivity (Wildman–Crippen MR) is 97.0 cm³/mol. The van der Waals surface area contributed by atoms with Gasteiger partial charge in [0.05, 0.1) is 21.3 Å². The summed E-state index contributed by atoms with van der Waals surface area (Å²) in [7, 11) is 4.87. The van der Waals surface area contributed by atoms with E-state index in [1.54, 1.807) is 21.3 Å². The fourth-order valence-corrected chi connectivity index (χ4v) is 2.80. The van der Waals surface area contributed by atoms with Crippen LogP contribution in [0.3, 0.4) is 0 Å². The van der Waals surface area contributed by atoms with Crippen molar-refractivity contribution < 1.29 is 14.2 Å². The normalized spacial score (nSPS) is 10.3. The summed E-state index contributed by atoms with van der Waals surface area (Å²) in [5.74, 6) is 1.92. The molecule has 0 saturated heterocycles. The smallest absolute Gasteiger partial charge is 0.203 e. The van der Waals surface area contributed by atoms with Crippen LogP contribution in [0.25, 0.3) is 22.3 Å². The van der Waals surface area contributed by atoms with Crippen LogP contribution in [-0.2, 0) is 0 Å². The van der Waals surface area contributed by atoms with Gasteiger partial charge in [-0.1, -0.05) is 54.6 Å². The van der Waals surface area contributed by atoms with Crippen LogP contribution in [0.5, 0.6) is 17.2 Å². The first-order valence-electron chi connectivity index (χ1n) is 7.73. The van der Waals surface area contributed by atoms with Gasteiger partial charge in [0.15, 0.2) is 11.5 Å². The third kappa shape index (κ3) is 2.93. The highest BCUT2D eigenvalue weighted by atomic mass is 16.5. The Labute approximate surface area is 142 Å². The van der Waals surface area contributed by atoms with Crippen molar-refractivity contribution in [2.45, 2.75) is 0 Å². The maximum absolute atomic E-state index is 5.57. The molecule has 122 valence electrons. The van der Waals surface area contributed by atoms with Crippen LogP contribution in [0.1, 0.15) is 0 Å². The summed E-state index contributed by atoms with van der Waals surface area (Å²) >= 11 is 0. The monoisotopic (exact) mass is 320 g/mol. The van der Waals surface area contributed by atoms with Crippen molar-refractivity contribution in [1.29, 1.82) is 0 Å². The minimum atomic E-state index is 0.602. The van der Waals surface area contributed by atoms with Gasteiger partial charge in [-0.3, -0.25) is 0 Å². The third-order valence-corrected chi connectivity index (χ3v) is 4.01. The van der Waals surface area contributed by atoms with Gasteiger partial charge in [-0.25, -0.2) is 0 Å². The minimum absolute atomic E-state index is 0.602. The van der Waals surface area contributed by atoms with Gasteiger partial charge in [0.25, 0.3) is 0 Å². The molecule has 0 heterocycles. The summed E-state index contributed by atoms with van der Waals surface area (Å²) in [6.07, 6.45) is 0. The Kier molecular flexibility index (Phi) is 4.71. The Morgan fingerprint density at radius 2 is 1.08 bits per heavy atom. The Morgan fingerprint density at radius 3 is 1.67 bits per heavy atom. The largest absolute Gasteiger partial charge is 0.493 e. The van der Waals surface area contributed by atoms with Crippen LogP contribution in [0.2, 0.25) is 0 Å². The first-order chi connectivity index (χ1) is 11.8. The molecule has 0 unspecified atom stereocenters. The van der Waals surface area contributed by atoms with Gasteiger partial charge < -0.3 is 14.2 Å². The van der Waals surface area contributed by atoms with Crippen molar-refractivity contribution in [2.24, 2.45) is 0 Å². The molecule has 0 aromatic heterocycles. The number of rotatable bonds is 5. The Balaban J connectivity index is 2.03. The molecule has 3 aromatic carbocycles. The van der Waals surface area contributed by atoms with Crippen LogP contribution < -0.4 is 14.2 Å². The number of ether oxygens (including phenoxy) is 3. The molecule has 3 nitrogen and oxygen atoms in total. The van der Waals surface area contributed by atoms with Gasteiger partial charge in [-0.2, -0.15) is 0 Å². The van der Waals surface area contributed by atoms with Crippen LogP contribution in [-0.4, -0.2) is 21.3 Å². The molecule has 3 aromatic rings. The van der Waals surface area contributed by atoms with E-state index in [2.05, 4.69) is 36.4 Å². The fraction of sp³-hybridized carbons (Fsp3) is 0.143. The molecule has 0 aliphatic rings. The van der Waals surface area contributed by atoms with Crippen molar-refractivity contribution in [3.05, 3.63) is 66.7 Å². The van der Waals surface area contributed by atoms with Crippen LogP contribution >= 0.6 is 0 Å². The molecule has 0 amide bonds. The van der Waals surface area contributed by atoms with Crippen LogP contribution in [0.15, 0.2) is 66.7 Å². The van der Waals surface area contributed by atoms with E-state index >= 15 is 0 Å². The molecule has 0 fully saturated rings. The van der Waals surface area contributed by atoms with Gasteiger partial charge in [-0.15, -0.1) is 0 Å². The van der Waals surface area contributed by atoms with E-state index in [0.29, 0.717) is 17.2 Å². The molecule has 0 N–H and O–H groups in total. The number of benzene rings is 3. The Morgan fingerprint density at radius 1 is 0.500 bits per heavy atom. The molecule has 0 saturated carbocycles. The van der Waals surface area contributed by atoms with Crippen molar-refractivity contribution in [3.63, 3.8) is 0 Å². The minimum Gasteiger partial charge on any atom is -0.493 e. The summed E-state index contributed by atoms with van der Waals surface area (Å²) in [6, 6.07) is 22.6. The first kappa shape index (κ1) is 15.9. The maximum atomic E-state index is 5.57. The summed E-state index contributed by atoms with van der Waals surface area (Å²) in [4.78, 5) is 0. The van der Waals surface area contributed by atoms with E-state index in [9.17, 15) is 0 Å². The van der Waals surface area contributed by atoms with Crippen molar-refractivity contribution in [1.82, 2.24) is 0 Å². The van der Waals surface area contributed by atoms with Crippen LogP contribution in [0.4, 0.5) is 0 Å². The molecule has 0 atom stereocenters. The van der Waals surface area contributed by atoms with Gasteiger partial charge in [0.1, 0.15) is 0 Å². The number of methoxy groups -OCH3 is 3. The maximum Gasteiger partial charge on any atom is 0.203 e. The Hall–Kier alpha value is -2.94. The highest BCUT2D eigenvalue weighted by Crippen LogP contribution is 2.44. The van der Waals surface area contributed by atoms with E-state index in [1.807, 2.05) is 30.3 Å². The van der Waals surface area contributed by atoms with Crippen molar-refractivity contribution in [3.8, 4) is 39.5 Å². The third-order valence-electron chi connectivity index (χ3n) is 4.01. The van der Waals surface area contributed by atoms with Gasteiger partial charge in [0, 0.05) is 5.56 Å². The van der Waals surface area contributed by atoms with Gasteiger partial charge in [0.2, 0.25) is 5.75 Å². The zero-order chi connectivity index (χ0) is 16.9. The zero-order valence-electron chi connectivity index (χ0n) is 14.1. The van der Waals surface area contributed by atoms with Crippen molar-refractivity contribution >= 4 is 0 Å². The highest BCUT2D eigenvalue weighted by Gasteiger charge is 2.16. The average molecular weight is 320 g/mol. The zero-order valence-corrected chi connectivity index (χ0v) is 14.1. The second kappa shape index (κ2) is 7.09. The van der Waals surface area contributed by atoms with E-state index < -0.39 is 0 Å². The molecule has 3 rings (SSSR count). The molecule has 0 radical (unpaired) electrons. The lowest BCUT2D eigenvalue weighted by Crippen LogP contribution is -1.96. The van der Waals surface area contributed by atoms with E-state index in [1.165, 1.54) is 11.1 Å². The molecule has 24 heavy (non-hydrogen) atoms. The highest BCUT2D eigenvalue weighted by molar-refractivity contribution is 5.78. The molecular weight excluding hydrogens is 300 g/mol. The van der Waals surface area contributed by atoms with Gasteiger partial charge >= 0.3 is 0 Å². The summed E-state index contributed by atoms with van der Waals surface area (Å²) < 4.78 is 16.4. The fourth-order valence-electron chi connectivity index (χ4n) is 2.80. The molecule has 0 bridgehead atoms. The second-order valence-corrected chi connectivity index (χ2v) is 5.33. The standard InChI is InChI=1S/C21H20O3/c1-22-19-14-13-18(20(23-2)21(19)24-3)17-11-9-16(10-12-17)15-7-5-4-6-8-15/h4-14H,1-3H3. The molecule has 0 aliphatic carbocycles. The molecular formula is C21H20O3. The first-order valence-corrected chi connectivity index (χ1v) is 7.73. The summed E-state index contributed by atoms with van der Waals surface area (Å²) in [6.45, 7) is 0. The molecule has 0 spiro atoms. The van der Waals surface area contributed by atoms with Crippen LogP contribution in [0, 0.1) is 0 Å². The van der Waals surface area contributed by atoms with E-state index in [4.69, 9.17) is 14.2 Å². The van der Waals surface area contributed by atoms with Gasteiger partial charge in [-0.05, 0) is 28.8 Å². The second-order valence-electron chi connectivity index (χ2n) is 5.33. The number of hydrogen-bond acceptors (Lipinski definition) is 3. The summed E-state index contributed by atoms with van der Waals surface area (Å²) in [5.41, 5.74) is 4.41. The lowest BCUT2D eigenvalue weighted by molar-refractivity contribution is 0.325. The predicted octanol–water partition coefficient (Wildman–Crippen LogP) is 5.05. The number of hydrogen-bond donors (Lipinski definition) is 0. The lowest BCUT2D eigenvalue weighted by Gasteiger charge is -2.16. The average Bonchev–Trinajstić information content (AvgIpc) is 2.67. The molecule has 3 heteroatoms. The molecule has 0 aliphatic heterocycles. The van der Waals surface area contributed by atoms with E-state index in [-0.39, 0.29) is 0 Å². The lowest BCUT2D eigenvalue weighted by atomic mass is 9.99. The van der Waals surface area contributed by atoms with E-state index in [0.717, 1.165) is 11.1 Å². The quantitative estimate of drug-likeness (QED) is 0.658. The Bertz CT molecular complexity index is 808. The van der Waals surface area contributed by atoms with Crippen molar-refractivity contribution in [2.75, 3.05) is 21.3 Å². The topological polar surface area (TPSA) is 27.7 Å². The SMILES string of the molecule is COc1ccc(-c2ccc(-c3ccccc3)cc2)c(OC)c1OC.